The van der Waals surface area contributed by atoms with Crippen molar-refractivity contribution < 1.29 is 8.42 Å². The molecule has 0 fully saturated rings. The molecule has 0 saturated carbocycles. The lowest BCUT2D eigenvalue weighted by atomic mass is 10.1. The molecule has 6 heteroatoms. The van der Waals surface area contributed by atoms with E-state index in [1.807, 2.05) is 31.2 Å². The summed E-state index contributed by atoms with van der Waals surface area (Å²) in [4.78, 5) is 0. The van der Waals surface area contributed by atoms with Crippen LogP contribution in [0.3, 0.4) is 0 Å². The fraction of sp³-hybridized carbons (Fsp3) is 0.400. The molecule has 0 radical (unpaired) electrons. The van der Waals surface area contributed by atoms with Crippen molar-refractivity contribution >= 4 is 37.3 Å². The second-order valence-electron chi connectivity index (χ2n) is 3.90. The summed E-state index contributed by atoms with van der Waals surface area (Å²) < 4.78 is 22.7. The molecule has 0 unspecified atom stereocenters. The Labute approximate surface area is 107 Å². The minimum absolute atomic E-state index is 0.331. The molecule has 90 valence electrons. The Balaban J connectivity index is 2.68. The quantitative estimate of drug-likeness (QED) is 0.632. The van der Waals surface area contributed by atoms with E-state index >= 15 is 0 Å². The lowest BCUT2D eigenvalue weighted by Crippen LogP contribution is -2.31. The maximum absolute atomic E-state index is 11.3. The summed E-state index contributed by atoms with van der Waals surface area (Å²) in [5.74, 6) is -3.18. The largest absolute Gasteiger partial charge is 0.378 e. The first kappa shape index (κ1) is 14.0. The van der Waals surface area contributed by atoms with Gasteiger partial charge in [-0.05, 0) is 25.0 Å². The van der Waals surface area contributed by atoms with Crippen LogP contribution in [0.25, 0.3) is 0 Å². The van der Waals surface area contributed by atoms with Gasteiger partial charge >= 0.3 is 5.84 Å². The Kier molecular flexibility index (Phi) is 4.46. The van der Waals surface area contributed by atoms with Crippen molar-refractivity contribution in [2.75, 3.05) is 6.26 Å². The Morgan fingerprint density at radius 2 is 1.69 bits per heavy atom. The van der Waals surface area contributed by atoms with Gasteiger partial charge in [0.2, 0.25) is 0 Å². The summed E-state index contributed by atoms with van der Waals surface area (Å²) in [6.07, 6.45) is 1.71. The first-order valence-electron chi connectivity index (χ1n) is 4.85. The van der Waals surface area contributed by atoms with Crippen LogP contribution >= 0.6 is 22.2 Å². The van der Waals surface area contributed by atoms with Crippen LogP contribution in [0.2, 0.25) is 6.04 Å². The molecule has 0 saturated heterocycles. The van der Waals surface area contributed by atoms with Gasteiger partial charge in [0.1, 0.15) is 0 Å². The number of hydrogen-bond donors (Lipinski definition) is 0. The molecule has 16 heavy (non-hydrogen) atoms. The third kappa shape index (κ3) is 3.77. The van der Waals surface area contributed by atoms with Gasteiger partial charge in [-0.2, -0.15) is 0 Å². The summed E-state index contributed by atoms with van der Waals surface area (Å²) in [5, 5.41) is 0. The monoisotopic (exact) mass is 296 g/mol. The molecule has 0 aliphatic heterocycles. The van der Waals surface area contributed by atoms with Gasteiger partial charge in [0.25, 0.3) is 0 Å². The molecule has 0 bridgehead atoms. The molecule has 0 N–H and O–H groups in total. The molecule has 1 aromatic carbocycles. The smallest absolute Gasteiger partial charge is 0.233 e. The van der Waals surface area contributed by atoms with E-state index in [1.165, 1.54) is 5.56 Å². The molecule has 0 atom stereocenters. The third-order valence-corrected chi connectivity index (χ3v) is 14.3. The second-order valence-corrected chi connectivity index (χ2v) is 17.3. The maximum Gasteiger partial charge on any atom is 0.378 e. The van der Waals surface area contributed by atoms with Gasteiger partial charge in [-0.25, -0.2) is 8.42 Å². The summed E-state index contributed by atoms with van der Waals surface area (Å²) in [6.45, 7) is 2.00. The number of rotatable bonds is 4. The Hall–Kier alpha value is -0.0331. The summed E-state index contributed by atoms with van der Waals surface area (Å²) in [7, 11) is -3.31. The van der Waals surface area contributed by atoms with Crippen molar-refractivity contribution in [1.82, 2.24) is 0 Å². The fourth-order valence-corrected chi connectivity index (χ4v) is 4.17. The maximum atomic E-state index is 11.3. The van der Waals surface area contributed by atoms with E-state index in [1.54, 1.807) is 0 Å². The highest BCUT2D eigenvalue weighted by molar-refractivity contribution is 8.32. The lowest BCUT2D eigenvalue weighted by molar-refractivity contribution is 0.613. The van der Waals surface area contributed by atoms with Gasteiger partial charge in [0.05, 0.1) is 0 Å². The lowest BCUT2D eigenvalue weighted by Gasteiger charge is -2.13. The Bertz CT molecular complexity index is 454. The molecule has 0 aromatic heterocycles. The zero-order chi connectivity index (χ0) is 12.4. The highest BCUT2D eigenvalue weighted by Gasteiger charge is 2.40. The van der Waals surface area contributed by atoms with Crippen LogP contribution in [0, 0.1) is 6.92 Å². The molecule has 0 heterocycles. The fourth-order valence-electron chi connectivity index (χ4n) is 1.23. The molecule has 2 nitrogen and oxygen atoms in total. The third-order valence-electron chi connectivity index (χ3n) is 2.37. The summed E-state index contributed by atoms with van der Waals surface area (Å²) in [5.41, 5.74) is 2.24. The minimum atomic E-state index is -3.31. The first-order chi connectivity index (χ1) is 7.22. The van der Waals surface area contributed by atoms with E-state index in [0.717, 1.165) is 11.8 Å². The summed E-state index contributed by atoms with van der Waals surface area (Å²) >= 11 is 11.8. The van der Waals surface area contributed by atoms with Crippen LogP contribution in [-0.4, -0.2) is 20.5 Å². The number of halogens is 2. The van der Waals surface area contributed by atoms with Crippen molar-refractivity contribution in [3.63, 3.8) is 0 Å². The van der Waals surface area contributed by atoms with Crippen LogP contribution < -0.4 is 0 Å². The van der Waals surface area contributed by atoms with Gasteiger partial charge in [0.15, 0.2) is 9.29 Å². The number of benzene rings is 1. The van der Waals surface area contributed by atoms with E-state index in [-0.39, 0.29) is 0 Å². The second kappa shape index (κ2) is 5.08. The molecule has 0 aliphatic rings. The average molecular weight is 297 g/mol. The SMILES string of the molecule is Cc1ccc(CC[Si](Cl)(Cl)S(C)(=O)=O)cc1. The molecular weight excluding hydrogens is 283 g/mol. The van der Waals surface area contributed by atoms with E-state index in [4.69, 9.17) is 22.2 Å². The first-order valence-corrected chi connectivity index (χ1v) is 11.7. The van der Waals surface area contributed by atoms with Gasteiger partial charge in [-0.15, -0.1) is 22.2 Å². The summed E-state index contributed by atoms with van der Waals surface area (Å²) in [6, 6.07) is 8.24. The number of aryl methyl sites for hydroxylation is 2. The van der Waals surface area contributed by atoms with E-state index < -0.39 is 15.1 Å². The highest BCUT2D eigenvalue weighted by atomic mass is 35.7. The number of hydrogen-bond acceptors (Lipinski definition) is 2. The van der Waals surface area contributed by atoms with Crippen LogP contribution in [-0.2, 0) is 15.7 Å². The Morgan fingerprint density at radius 3 is 2.12 bits per heavy atom. The van der Waals surface area contributed by atoms with Crippen LogP contribution in [0.1, 0.15) is 11.1 Å². The van der Waals surface area contributed by atoms with Gasteiger partial charge in [-0.1, -0.05) is 29.8 Å². The zero-order valence-corrected chi connectivity index (χ0v) is 12.5. The van der Waals surface area contributed by atoms with Crippen molar-refractivity contribution in [3.8, 4) is 0 Å². The van der Waals surface area contributed by atoms with Crippen molar-refractivity contribution in [2.24, 2.45) is 0 Å². The molecule has 0 amide bonds. The zero-order valence-electron chi connectivity index (χ0n) is 9.20. The van der Waals surface area contributed by atoms with Crippen molar-refractivity contribution in [2.45, 2.75) is 19.4 Å². The molecule has 1 aromatic rings. The average Bonchev–Trinajstić information content (AvgIpc) is 2.15. The van der Waals surface area contributed by atoms with Crippen molar-refractivity contribution in [1.29, 1.82) is 0 Å². The van der Waals surface area contributed by atoms with Crippen molar-refractivity contribution in [3.05, 3.63) is 35.4 Å². The molecule has 0 spiro atoms. The molecule has 0 aliphatic carbocycles. The molecule has 1 rings (SSSR count). The normalized spacial score (nSPS) is 12.8. The van der Waals surface area contributed by atoms with Gasteiger partial charge in [0, 0.05) is 6.26 Å². The van der Waals surface area contributed by atoms with Crippen LogP contribution in [0.15, 0.2) is 24.3 Å². The predicted octanol–water partition coefficient (Wildman–Crippen LogP) is 3.00. The topological polar surface area (TPSA) is 34.1 Å². The predicted molar refractivity (Wildman–Crippen MR) is 72.0 cm³/mol. The standard InChI is InChI=1S/C10H14Cl2O2SSi/c1-9-3-5-10(6-4-9)7-8-16(11,12)15(2,13)14/h3-6H,7-8H2,1-2H3. The van der Waals surface area contributed by atoms with Gasteiger partial charge < -0.3 is 0 Å². The van der Waals surface area contributed by atoms with E-state index in [9.17, 15) is 8.42 Å². The molecular formula is C10H14Cl2O2SSi. The van der Waals surface area contributed by atoms with Gasteiger partial charge in [-0.3, -0.25) is 0 Å². The van der Waals surface area contributed by atoms with Crippen LogP contribution in [0.5, 0.6) is 0 Å². The van der Waals surface area contributed by atoms with E-state index in [2.05, 4.69) is 0 Å². The highest BCUT2D eigenvalue weighted by Crippen LogP contribution is 2.28. The minimum Gasteiger partial charge on any atom is -0.233 e. The Morgan fingerprint density at radius 1 is 1.19 bits per heavy atom. The van der Waals surface area contributed by atoms with E-state index in [0.29, 0.717) is 12.5 Å². The van der Waals surface area contributed by atoms with Crippen LogP contribution in [0.4, 0.5) is 0 Å².